The van der Waals surface area contributed by atoms with Crippen molar-refractivity contribution in [3.8, 4) is 0 Å². The first-order valence-corrected chi connectivity index (χ1v) is 7.40. The monoisotopic (exact) mass is 281 g/mol. The number of halogens is 1. The van der Waals surface area contributed by atoms with Crippen LogP contribution in [0.5, 0.6) is 0 Å². The third-order valence-electron chi connectivity index (χ3n) is 3.25. The maximum atomic E-state index is 11.6. The Kier molecular flexibility index (Phi) is 5.45. The third kappa shape index (κ3) is 4.39. The second-order valence-corrected chi connectivity index (χ2v) is 5.17. The molecule has 1 aliphatic heterocycles. The average molecular weight is 282 g/mol. The summed E-state index contributed by atoms with van der Waals surface area (Å²) < 4.78 is 0. The molecule has 0 spiro atoms. The summed E-state index contributed by atoms with van der Waals surface area (Å²) in [5.41, 5.74) is 0.763. The Balaban J connectivity index is 1.82. The molecule has 0 atom stereocenters. The number of nitrogens with one attached hydrogen (secondary N) is 1. The summed E-state index contributed by atoms with van der Waals surface area (Å²) in [6.45, 7) is 2.16. The molecular weight excluding hydrogens is 262 g/mol. The number of alkyl halides is 1. The molecule has 1 aromatic heterocycles. The van der Waals surface area contributed by atoms with Gasteiger partial charge in [-0.3, -0.25) is 4.79 Å². The van der Waals surface area contributed by atoms with Crippen LogP contribution in [0, 0.1) is 0 Å². The quantitative estimate of drug-likeness (QED) is 0.644. The van der Waals surface area contributed by atoms with E-state index in [1.807, 2.05) is 12.1 Å². The minimum Gasteiger partial charge on any atom is -0.357 e. The number of carbonyl (C=O) groups excluding carboxylic acids is 1. The molecular formula is C14H20ClN3O. The van der Waals surface area contributed by atoms with Crippen LogP contribution in [0.25, 0.3) is 0 Å². The van der Waals surface area contributed by atoms with E-state index >= 15 is 0 Å². The molecule has 2 heterocycles. The fourth-order valence-corrected chi connectivity index (χ4v) is 2.39. The summed E-state index contributed by atoms with van der Waals surface area (Å²) in [6, 6.07) is 3.89. The molecule has 1 saturated heterocycles. The van der Waals surface area contributed by atoms with Gasteiger partial charge < -0.3 is 10.2 Å². The van der Waals surface area contributed by atoms with Crippen LogP contribution in [0.4, 0.5) is 11.5 Å². The third-order valence-corrected chi connectivity index (χ3v) is 3.52. The van der Waals surface area contributed by atoms with Crippen molar-refractivity contribution in [2.45, 2.75) is 32.1 Å². The zero-order valence-corrected chi connectivity index (χ0v) is 11.8. The highest BCUT2D eigenvalue weighted by Gasteiger charge is 2.13. The Morgan fingerprint density at radius 1 is 1.32 bits per heavy atom. The van der Waals surface area contributed by atoms with Gasteiger partial charge in [-0.05, 0) is 37.8 Å². The summed E-state index contributed by atoms with van der Waals surface area (Å²) in [4.78, 5) is 18.3. The lowest BCUT2D eigenvalue weighted by Crippen LogP contribution is -2.19. The van der Waals surface area contributed by atoms with Gasteiger partial charge in [0.25, 0.3) is 0 Å². The minimum atomic E-state index is 0.0286. The highest BCUT2D eigenvalue weighted by atomic mass is 35.5. The summed E-state index contributed by atoms with van der Waals surface area (Å²) in [6.07, 6.45) is 6.42. The van der Waals surface area contributed by atoms with E-state index in [4.69, 9.17) is 11.6 Å². The van der Waals surface area contributed by atoms with Gasteiger partial charge >= 0.3 is 0 Å². The molecule has 4 nitrogen and oxygen atoms in total. The first-order valence-electron chi connectivity index (χ1n) is 6.86. The van der Waals surface area contributed by atoms with Crippen molar-refractivity contribution >= 4 is 29.0 Å². The van der Waals surface area contributed by atoms with Gasteiger partial charge in [0.1, 0.15) is 5.82 Å². The van der Waals surface area contributed by atoms with Gasteiger partial charge in [-0.15, -0.1) is 11.6 Å². The molecule has 104 valence electrons. The zero-order valence-electron chi connectivity index (χ0n) is 11.1. The number of amides is 1. The van der Waals surface area contributed by atoms with Crippen LogP contribution in [0.1, 0.15) is 32.1 Å². The van der Waals surface area contributed by atoms with E-state index in [1.54, 1.807) is 6.20 Å². The lowest BCUT2D eigenvalue weighted by Gasteiger charge is -2.16. The van der Waals surface area contributed by atoms with Crippen LogP contribution in [-0.4, -0.2) is 29.9 Å². The number of unbranched alkanes of at least 4 members (excludes halogenated alkanes) is 1. The van der Waals surface area contributed by atoms with Crippen LogP contribution in [0.3, 0.4) is 0 Å². The van der Waals surface area contributed by atoms with E-state index in [9.17, 15) is 4.79 Å². The molecule has 1 aliphatic rings. The molecule has 0 unspecified atom stereocenters. The number of pyridine rings is 1. The highest BCUT2D eigenvalue weighted by Crippen LogP contribution is 2.19. The van der Waals surface area contributed by atoms with Crippen LogP contribution in [0.2, 0.25) is 0 Å². The highest BCUT2D eigenvalue weighted by molar-refractivity contribution is 6.17. The summed E-state index contributed by atoms with van der Waals surface area (Å²) >= 11 is 5.58. The summed E-state index contributed by atoms with van der Waals surface area (Å²) in [5, 5.41) is 2.86. The van der Waals surface area contributed by atoms with Crippen LogP contribution < -0.4 is 10.2 Å². The lowest BCUT2D eigenvalue weighted by molar-refractivity contribution is -0.116. The smallest absolute Gasteiger partial charge is 0.224 e. The van der Waals surface area contributed by atoms with Gasteiger partial charge in [0.15, 0.2) is 0 Å². The Morgan fingerprint density at radius 2 is 2.11 bits per heavy atom. The average Bonchev–Trinajstić information content (AvgIpc) is 2.94. The van der Waals surface area contributed by atoms with E-state index in [0.717, 1.165) is 37.4 Å². The number of hydrogen-bond donors (Lipinski definition) is 1. The molecule has 0 radical (unpaired) electrons. The number of carbonyl (C=O) groups is 1. The molecule has 0 bridgehead atoms. The molecule has 19 heavy (non-hydrogen) atoms. The SMILES string of the molecule is O=C(CCCCCl)Nc1ccc(N2CCCC2)nc1. The van der Waals surface area contributed by atoms with Gasteiger partial charge in [0.05, 0.1) is 11.9 Å². The molecule has 0 aliphatic carbocycles. The standard InChI is InChI=1S/C14H20ClN3O/c15-8-2-1-5-14(19)17-12-6-7-13(16-11-12)18-9-3-4-10-18/h6-7,11H,1-5,8-10H2,(H,17,19). The second kappa shape index (κ2) is 7.34. The molecule has 0 saturated carbocycles. The zero-order chi connectivity index (χ0) is 13.5. The Hall–Kier alpha value is -1.29. The first kappa shape index (κ1) is 14.1. The van der Waals surface area contributed by atoms with E-state index in [1.165, 1.54) is 12.8 Å². The molecule has 1 N–H and O–H groups in total. The molecule has 1 amide bonds. The minimum absolute atomic E-state index is 0.0286. The summed E-state index contributed by atoms with van der Waals surface area (Å²) in [7, 11) is 0. The van der Waals surface area contributed by atoms with E-state index < -0.39 is 0 Å². The molecule has 1 aromatic rings. The maximum Gasteiger partial charge on any atom is 0.224 e. The Bertz CT molecular complexity index is 402. The van der Waals surface area contributed by atoms with Gasteiger partial charge in [-0.25, -0.2) is 4.98 Å². The fraction of sp³-hybridized carbons (Fsp3) is 0.571. The maximum absolute atomic E-state index is 11.6. The van der Waals surface area contributed by atoms with Gasteiger partial charge in [0.2, 0.25) is 5.91 Å². The predicted molar refractivity (Wildman–Crippen MR) is 78.9 cm³/mol. The summed E-state index contributed by atoms with van der Waals surface area (Å²) in [5.74, 6) is 1.64. The van der Waals surface area contributed by atoms with Crippen molar-refractivity contribution < 1.29 is 4.79 Å². The van der Waals surface area contributed by atoms with Gasteiger partial charge in [0, 0.05) is 25.4 Å². The topological polar surface area (TPSA) is 45.2 Å². The number of aromatic nitrogens is 1. The van der Waals surface area contributed by atoms with Crippen LogP contribution in [-0.2, 0) is 4.79 Å². The van der Waals surface area contributed by atoms with E-state index in [0.29, 0.717) is 12.3 Å². The first-order chi connectivity index (χ1) is 9.29. The van der Waals surface area contributed by atoms with Crippen molar-refractivity contribution in [1.29, 1.82) is 0 Å². The van der Waals surface area contributed by atoms with E-state index in [2.05, 4.69) is 15.2 Å². The molecule has 5 heteroatoms. The number of hydrogen-bond acceptors (Lipinski definition) is 3. The normalized spacial score (nSPS) is 14.7. The fourth-order valence-electron chi connectivity index (χ4n) is 2.20. The van der Waals surface area contributed by atoms with Crippen molar-refractivity contribution in [1.82, 2.24) is 4.98 Å². The van der Waals surface area contributed by atoms with Gasteiger partial charge in [-0.2, -0.15) is 0 Å². The Morgan fingerprint density at radius 3 is 2.74 bits per heavy atom. The van der Waals surface area contributed by atoms with Crippen molar-refractivity contribution in [2.75, 3.05) is 29.2 Å². The number of rotatable bonds is 6. The molecule has 1 fully saturated rings. The second-order valence-electron chi connectivity index (χ2n) is 4.79. The van der Waals surface area contributed by atoms with Crippen LogP contribution >= 0.6 is 11.6 Å². The number of nitrogens with zero attached hydrogens (tertiary/aromatic N) is 2. The lowest BCUT2D eigenvalue weighted by atomic mass is 10.2. The number of anilines is 2. The van der Waals surface area contributed by atoms with Gasteiger partial charge in [-0.1, -0.05) is 0 Å². The predicted octanol–water partition coefficient (Wildman–Crippen LogP) is 3.03. The largest absolute Gasteiger partial charge is 0.357 e. The van der Waals surface area contributed by atoms with E-state index in [-0.39, 0.29) is 5.91 Å². The van der Waals surface area contributed by atoms with Crippen molar-refractivity contribution in [3.05, 3.63) is 18.3 Å². The van der Waals surface area contributed by atoms with Crippen molar-refractivity contribution in [3.63, 3.8) is 0 Å². The van der Waals surface area contributed by atoms with Crippen molar-refractivity contribution in [2.24, 2.45) is 0 Å². The molecule has 0 aromatic carbocycles. The Labute approximate surface area is 119 Å². The molecule has 2 rings (SSSR count). The van der Waals surface area contributed by atoms with Crippen LogP contribution in [0.15, 0.2) is 18.3 Å².